The molecule has 1 aromatic heterocycles. The van der Waals surface area contributed by atoms with Crippen LogP contribution in [0.25, 0.3) is 10.9 Å². The monoisotopic (exact) mass is 652 g/mol. The molecule has 44 heavy (non-hydrogen) atoms. The zero-order valence-electron chi connectivity index (χ0n) is 23.5. The van der Waals surface area contributed by atoms with Crippen LogP contribution in [0.3, 0.4) is 0 Å². The van der Waals surface area contributed by atoms with E-state index in [1.807, 2.05) is 0 Å². The van der Waals surface area contributed by atoms with Gasteiger partial charge in [0.2, 0.25) is 0 Å². The summed E-state index contributed by atoms with van der Waals surface area (Å²) >= 11 is 4.61. The van der Waals surface area contributed by atoms with E-state index < -0.39 is 59.5 Å². The van der Waals surface area contributed by atoms with Crippen LogP contribution in [0.5, 0.6) is 0 Å². The first-order valence-corrected chi connectivity index (χ1v) is 15.0. The predicted molar refractivity (Wildman–Crippen MR) is 160 cm³/mol. The molecule has 0 spiro atoms. The van der Waals surface area contributed by atoms with Gasteiger partial charge >= 0.3 is 6.18 Å². The van der Waals surface area contributed by atoms with Crippen LogP contribution < -0.4 is 5.32 Å². The lowest BCUT2D eigenvalue weighted by atomic mass is 9.90. The van der Waals surface area contributed by atoms with Crippen LogP contribution in [0.2, 0.25) is 5.02 Å². The third-order valence-corrected chi connectivity index (χ3v) is 8.69. The number of rotatable bonds is 10. The fourth-order valence-corrected chi connectivity index (χ4v) is 5.73. The molecule has 0 aliphatic rings. The summed E-state index contributed by atoms with van der Waals surface area (Å²) in [6.07, 6.45) is -5.33. The van der Waals surface area contributed by atoms with Gasteiger partial charge in [0.25, 0.3) is 11.8 Å². The Morgan fingerprint density at radius 3 is 2.27 bits per heavy atom. The lowest BCUT2D eigenvalue weighted by Crippen LogP contribution is -2.56. The van der Waals surface area contributed by atoms with E-state index in [0.717, 1.165) is 12.1 Å². The topological polar surface area (TPSA) is 158 Å². The van der Waals surface area contributed by atoms with Gasteiger partial charge in [-0.25, -0.2) is 0 Å². The molecule has 0 saturated heterocycles. The molecular formula is C29H29BClF3N2O7S. The molecule has 234 valence electrons. The molecule has 2 unspecified atom stereocenters. The summed E-state index contributed by atoms with van der Waals surface area (Å²) < 4.78 is 54.1. The fraction of sp³-hybridized carbons (Fsp3) is 0.276. The molecule has 4 rings (SSSR count). The van der Waals surface area contributed by atoms with Crippen molar-refractivity contribution in [2.75, 3.05) is 12.4 Å². The number of carbonyl (C=O) groups is 1. The van der Waals surface area contributed by atoms with Gasteiger partial charge in [-0.2, -0.15) is 13.2 Å². The Labute approximate surface area is 259 Å². The molecule has 0 bridgehead atoms. The van der Waals surface area contributed by atoms with Crippen molar-refractivity contribution in [3.63, 3.8) is 0 Å². The van der Waals surface area contributed by atoms with E-state index in [1.165, 1.54) is 30.3 Å². The number of hydrogen-bond acceptors (Lipinski definition) is 7. The van der Waals surface area contributed by atoms with E-state index in [2.05, 4.69) is 5.32 Å². The summed E-state index contributed by atoms with van der Waals surface area (Å²) in [6, 6.07) is 14.0. The maximum atomic E-state index is 13.8. The minimum absolute atomic E-state index is 0.0309. The van der Waals surface area contributed by atoms with E-state index in [1.54, 1.807) is 31.2 Å². The van der Waals surface area contributed by atoms with Gasteiger partial charge in [0, 0.05) is 28.1 Å². The molecule has 0 saturated carbocycles. The third-order valence-electron chi connectivity index (χ3n) is 7.13. The number of nitrogens with zero attached hydrogens (tertiary/aromatic N) is 1. The molecule has 0 aliphatic heterocycles. The average Bonchev–Trinajstić information content (AvgIpc) is 3.33. The summed E-state index contributed by atoms with van der Waals surface area (Å²) in [4.78, 5) is 13.8. The molecule has 1 heterocycles. The fourth-order valence-electron chi connectivity index (χ4n) is 4.78. The standard InChI is InChI=1S/C29H29BClF3N2O7S/c1-2-44(43)22-8-4-16(5-9-22)24(15-37)35-26(38)18-6-10-25-19(11-18)13-21(36(25)29(41,42)28(30,39)40)12-17-3-7-20(31)14-23(17)27(32,33)34/h3-11,13-14,24,37,39-42H,2,12,15,30H2,1H3,(H,35,38). The molecule has 1 amide bonds. The van der Waals surface area contributed by atoms with Crippen LogP contribution in [0, 0.1) is 0 Å². The summed E-state index contributed by atoms with van der Waals surface area (Å²) in [5, 5.41) is 54.6. The smallest absolute Gasteiger partial charge is 0.416 e. The van der Waals surface area contributed by atoms with Crippen LogP contribution in [0.1, 0.15) is 45.7 Å². The van der Waals surface area contributed by atoms with E-state index >= 15 is 0 Å². The normalized spacial score (nSPS) is 14.1. The summed E-state index contributed by atoms with van der Waals surface area (Å²) in [7, 11) is 0.690. The number of aliphatic hydroxyl groups is 5. The van der Waals surface area contributed by atoms with Crippen molar-refractivity contribution in [2.24, 2.45) is 0 Å². The minimum atomic E-state index is -4.79. The Bertz CT molecular complexity index is 1660. The molecule has 15 heteroatoms. The maximum Gasteiger partial charge on any atom is 0.416 e. The second-order valence-corrected chi connectivity index (χ2v) is 12.5. The van der Waals surface area contributed by atoms with Crippen LogP contribution >= 0.6 is 11.6 Å². The lowest BCUT2D eigenvalue weighted by molar-refractivity contribution is -0.362. The highest BCUT2D eigenvalue weighted by Crippen LogP contribution is 2.37. The second kappa shape index (κ2) is 12.7. The number of carbonyl (C=O) groups excluding carboxylic acids is 1. The van der Waals surface area contributed by atoms with Gasteiger partial charge in [-0.15, -0.1) is 0 Å². The Kier molecular flexibility index (Phi) is 9.78. The number of aromatic nitrogens is 1. The predicted octanol–water partition coefficient (Wildman–Crippen LogP) is 2.36. The molecule has 4 aromatic rings. The van der Waals surface area contributed by atoms with E-state index in [-0.39, 0.29) is 32.7 Å². The number of halogens is 4. The molecule has 0 fully saturated rings. The highest BCUT2D eigenvalue weighted by Gasteiger charge is 2.46. The number of nitrogens with one attached hydrogen (secondary N) is 1. The summed E-state index contributed by atoms with van der Waals surface area (Å²) in [5.41, 5.74) is -4.09. The molecule has 6 N–H and O–H groups in total. The molecule has 0 radical (unpaired) electrons. The van der Waals surface area contributed by atoms with Crippen molar-refractivity contribution in [3.05, 3.63) is 99.7 Å². The van der Waals surface area contributed by atoms with Gasteiger partial charge in [-0.05, 0) is 77.8 Å². The van der Waals surface area contributed by atoms with Crippen molar-refractivity contribution < 1.29 is 48.1 Å². The number of amides is 1. The quantitative estimate of drug-likeness (QED) is 0.0872. The highest BCUT2D eigenvalue weighted by molar-refractivity contribution is 7.91. The molecule has 2 atom stereocenters. The third kappa shape index (κ3) is 6.92. The van der Waals surface area contributed by atoms with Crippen molar-refractivity contribution >= 4 is 47.4 Å². The van der Waals surface area contributed by atoms with Gasteiger partial charge in [0.1, 0.15) is 5.75 Å². The minimum Gasteiger partial charge on any atom is -0.611 e. The number of alkyl halides is 3. The van der Waals surface area contributed by atoms with Crippen LogP contribution in [-0.4, -0.2) is 66.5 Å². The van der Waals surface area contributed by atoms with Crippen LogP contribution in [-0.2, 0) is 29.7 Å². The van der Waals surface area contributed by atoms with Crippen molar-refractivity contribution in [1.29, 1.82) is 0 Å². The average molecular weight is 653 g/mol. The Morgan fingerprint density at radius 2 is 1.70 bits per heavy atom. The van der Waals surface area contributed by atoms with Crippen LogP contribution in [0.15, 0.2) is 71.6 Å². The zero-order chi connectivity index (χ0) is 32.6. The summed E-state index contributed by atoms with van der Waals surface area (Å²) in [6.45, 7) is 1.32. The van der Waals surface area contributed by atoms with E-state index in [0.29, 0.717) is 28.6 Å². The number of fused-ring (bicyclic) bond motifs is 1. The van der Waals surface area contributed by atoms with Gasteiger partial charge in [-0.3, -0.25) is 9.36 Å². The Hall–Kier alpha value is -3.08. The van der Waals surface area contributed by atoms with E-state index in [9.17, 15) is 48.1 Å². The Morgan fingerprint density at radius 1 is 1.05 bits per heavy atom. The number of benzene rings is 3. The lowest BCUT2D eigenvalue weighted by Gasteiger charge is -2.35. The van der Waals surface area contributed by atoms with Crippen molar-refractivity contribution in [1.82, 2.24) is 9.88 Å². The molecule has 0 aliphatic carbocycles. The van der Waals surface area contributed by atoms with Gasteiger partial charge in [0.15, 0.2) is 18.4 Å². The first kappa shape index (κ1) is 33.8. The first-order chi connectivity index (χ1) is 20.5. The van der Waals surface area contributed by atoms with Crippen molar-refractivity contribution in [3.8, 4) is 0 Å². The molecule has 9 nitrogen and oxygen atoms in total. The SMILES string of the molecule is BC(O)(O)C(O)(O)n1c(Cc2ccc(Cl)cc2C(F)(F)F)cc2cc(C(=O)NC(CO)c3ccc([S+]([O-])CC)cc3)ccc21. The van der Waals surface area contributed by atoms with Crippen LogP contribution in [0.4, 0.5) is 13.2 Å². The largest absolute Gasteiger partial charge is 0.611 e. The number of hydrogen-bond donors (Lipinski definition) is 6. The van der Waals surface area contributed by atoms with Gasteiger partial charge in [0.05, 0.1) is 23.7 Å². The molecule has 3 aromatic carbocycles. The second-order valence-electron chi connectivity index (χ2n) is 10.3. The summed E-state index contributed by atoms with van der Waals surface area (Å²) in [5.74, 6) is -3.61. The maximum absolute atomic E-state index is 13.8. The van der Waals surface area contributed by atoms with E-state index in [4.69, 9.17) is 11.6 Å². The van der Waals surface area contributed by atoms with Gasteiger partial charge < -0.3 is 35.4 Å². The Balaban J connectivity index is 1.74. The zero-order valence-corrected chi connectivity index (χ0v) is 25.0. The molecular weight excluding hydrogens is 624 g/mol. The van der Waals surface area contributed by atoms with Crippen molar-refractivity contribution in [2.45, 2.75) is 42.1 Å². The number of aliphatic hydroxyl groups excluding tert-OH is 1. The first-order valence-electron chi connectivity index (χ1n) is 13.3. The highest BCUT2D eigenvalue weighted by atomic mass is 35.5. The van der Waals surface area contributed by atoms with Gasteiger partial charge in [-0.1, -0.05) is 29.8 Å².